The highest BCUT2D eigenvalue weighted by Gasteiger charge is 2.23. The Balaban J connectivity index is 3.05. The van der Waals surface area contributed by atoms with Gasteiger partial charge in [0.25, 0.3) is 0 Å². The van der Waals surface area contributed by atoms with Crippen molar-refractivity contribution < 1.29 is 14.7 Å². The van der Waals surface area contributed by atoms with Gasteiger partial charge in [-0.1, -0.05) is 31.5 Å². The topological polar surface area (TPSA) is 60.9 Å². The highest BCUT2D eigenvalue weighted by molar-refractivity contribution is 6.30. The van der Waals surface area contributed by atoms with Crippen LogP contribution < -0.4 is 4.90 Å². The molecule has 0 radical (unpaired) electrons. The number of urea groups is 1. The summed E-state index contributed by atoms with van der Waals surface area (Å²) in [6.45, 7) is 4.78. The van der Waals surface area contributed by atoms with E-state index in [4.69, 9.17) is 16.7 Å². The lowest BCUT2D eigenvalue weighted by Gasteiger charge is -2.29. The van der Waals surface area contributed by atoms with E-state index in [-0.39, 0.29) is 12.6 Å². The molecule has 1 N–H and O–H groups in total. The summed E-state index contributed by atoms with van der Waals surface area (Å²) in [7, 11) is 0. The van der Waals surface area contributed by atoms with Gasteiger partial charge in [-0.2, -0.15) is 0 Å². The first-order valence-corrected chi connectivity index (χ1v) is 7.41. The number of carboxylic acid groups (broad SMARTS) is 1. The molecular formula is C15H21ClN2O3. The van der Waals surface area contributed by atoms with Gasteiger partial charge in [0, 0.05) is 23.8 Å². The van der Waals surface area contributed by atoms with Crippen LogP contribution in [0.2, 0.25) is 5.02 Å². The Bertz CT molecular complexity index is 488. The molecular weight excluding hydrogens is 292 g/mol. The summed E-state index contributed by atoms with van der Waals surface area (Å²) in [5.74, 6) is -1.06. The van der Waals surface area contributed by atoms with Gasteiger partial charge in [-0.3, -0.25) is 9.69 Å². The van der Waals surface area contributed by atoms with Crippen LogP contribution in [0.15, 0.2) is 24.3 Å². The predicted molar refractivity (Wildman–Crippen MR) is 84.0 cm³/mol. The molecule has 1 aromatic rings. The Morgan fingerprint density at radius 1 is 1.19 bits per heavy atom. The average molecular weight is 313 g/mol. The maximum atomic E-state index is 12.6. The molecule has 0 aliphatic carbocycles. The number of carbonyl (C=O) groups is 2. The van der Waals surface area contributed by atoms with Crippen molar-refractivity contribution in [1.29, 1.82) is 0 Å². The molecule has 0 bridgehead atoms. The molecule has 116 valence electrons. The average Bonchev–Trinajstić information content (AvgIpc) is 2.43. The molecule has 2 amide bonds. The largest absolute Gasteiger partial charge is 0.480 e. The lowest BCUT2D eigenvalue weighted by molar-refractivity contribution is -0.135. The van der Waals surface area contributed by atoms with E-state index in [9.17, 15) is 9.59 Å². The molecule has 0 spiro atoms. The zero-order valence-electron chi connectivity index (χ0n) is 12.4. The van der Waals surface area contributed by atoms with Gasteiger partial charge in [0.1, 0.15) is 6.54 Å². The summed E-state index contributed by atoms with van der Waals surface area (Å²) < 4.78 is 0. The second kappa shape index (κ2) is 8.52. The first kappa shape index (κ1) is 17.3. The molecule has 5 nitrogen and oxygen atoms in total. The third kappa shape index (κ3) is 5.27. The van der Waals surface area contributed by atoms with Gasteiger partial charge in [0.05, 0.1) is 0 Å². The van der Waals surface area contributed by atoms with Crippen LogP contribution in [0.1, 0.15) is 26.7 Å². The molecule has 0 aromatic heterocycles. The van der Waals surface area contributed by atoms with Crippen LogP contribution in [0.3, 0.4) is 0 Å². The van der Waals surface area contributed by atoms with Crippen LogP contribution in [-0.4, -0.2) is 41.6 Å². The molecule has 6 heteroatoms. The molecule has 0 atom stereocenters. The Hall–Kier alpha value is -1.75. The lowest BCUT2D eigenvalue weighted by Crippen LogP contribution is -2.46. The molecule has 0 heterocycles. The van der Waals surface area contributed by atoms with Crippen molar-refractivity contribution in [1.82, 2.24) is 4.90 Å². The Labute approximate surface area is 130 Å². The van der Waals surface area contributed by atoms with E-state index in [1.165, 1.54) is 4.90 Å². The van der Waals surface area contributed by atoms with Crippen molar-refractivity contribution >= 4 is 29.3 Å². The van der Waals surface area contributed by atoms with Crippen LogP contribution >= 0.6 is 11.6 Å². The minimum absolute atomic E-state index is 0.302. The number of anilines is 1. The van der Waals surface area contributed by atoms with Crippen LogP contribution in [0.4, 0.5) is 10.5 Å². The first-order chi connectivity index (χ1) is 9.99. The van der Waals surface area contributed by atoms with E-state index >= 15 is 0 Å². The number of halogens is 1. The number of carbonyl (C=O) groups excluding carboxylic acids is 1. The monoisotopic (exact) mass is 312 g/mol. The van der Waals surface area contributed by atoms with Crippen molar-refractivity contribution in [3.63, 3.8) is 0 Å². The number of rotatable bonds is 7. The van der Waals surface area contributed by atoms with E-state index in [2.05, 4.69) is 0 Å². The van der Waals surface area contributed by atoms with Gasteiger partial charge >= 0.3 is 12.0 Å². The highest BCUT2D eigenvalue weighted by Crippen LogP contribution is 2.21. The molecule has 0 unspecified atom stereocenters. The molecule has 1 aromatic carbocycles. The normalized spacial score (nSPS) is 10.2. The number of aliphatic carboxylic acids is 1. The van der Waals surface area contributed by atoms with Crippen molar-refractivity contribution in [3.8, 4) is 0 Å². The summed E-state index contributed by atoms with van der Waals surface area (Å²) >= 11 is 5.93. The molecule has 1 rings (SSSR count). The molecule has 21 heavy (non-hydrogen) atoms. The number of hydrogen-bond donors (Lipinski definition) is 1. The minimum atomic E-state index is -1.06. The molecule has 0 saturated carbocycles. The number of benzene rings is 1. The van der Waals surface area contributed by atoms with Gasteiger partial charge in [0.15, 0.2) is 0 Å². The summed E-state index contributed by atoms with van der Waals surface area (Å²) in [5.41, 5.74) is 0.493. The highest BCUT2D eigenvalue weighted by atomic mass is 35.5. The fraction of sp³-hybridized carbons (Fsp3) is 0.467. The van der Waals surface area contributed by atoms with Crippen LogP contribution in [0, 0.1) is 0 Å². The molecule has 0 aliphatic heterocycles. The van der Waals surface area contributed by atoms with E-state index in [0.29, 0.717) is 23.8 Å². The third-order valence-corrected chi connectivity index (χ3v) is 3.14. The Kier molecular flexibility index (Phi) is 7.02. The Morgan fingerprint density at radius 2 is 1.81 bits per heavy atom. The van der Waals surface area contributed by atoms with Gasteiger partial charge in [-0.05, 0) is 31.0 Å². The van der Waals surface area contributed by atoms with Crippen LogP contribution in [0.25, 0.3) is 0 Å². The maximum absolute atomic E-state index is 12.6. The van der Waals surface area contributed by atoms with E-state index in [1.54, 1.807) is 29.2 Å². The van der Waals surface area contributed by atoms with Gasteiger partial charge in [0.2, 0.25) is 0 Å². The number of hydrogen-bond acceptors (Lipinski definition) is 2. The summed E-state index contributed by atoms with van der Waals surface area (Å²) in [6.07, 6.45) is 1.64. The SMILES string of the molecule is CCCN(CCC)C(=O)N(CC(=O)O)c1cccc(Cl)c1. The summed E-state index contributed by atoms with van der Waals surface area (Å²) in [5, 5.41) is 9.53. The zero-order chi connectivity index (χ0) is 15.8. The smallest absolute Gasteiger partial charge is 0.325 e. The molecule has 0 saturated heterocycles. The lowest BCUT2D eigenvalue weighted by atomic mass is 10.3. The number of carboxylic acids is 1. The maximum Gasteiger partial charge on any atom is 0.325 e. The van der Waals surface area contributed by atoms with Crippen molar-refractivity contribution in [2.45, 2.75) is 26.7 Å². The molecule has 0 fully saturated rings. The second-order valence-electron chi connectivity index (χ2n) is 4.73. The first-order valence-electron chi connectivity index (χ1n) is 7.03. The fourth-order valence-electron chi connectivity index (χ4n) is 2.06. The third-order valence-electron chi connectivity index (χ3n) is 2.90. The quantitative estimate of drug-likeness (QED) is 0.838. The van der Waals surface area contributed by atoms with E-state index < -0.39 is 5.97 Å². The molecule has 0 aliphatic rings. The predicted octanol–water partition coefficient (Wildman–Crippen LogP) is 3.47. The van der Waals surface area contributed by atoms with E-state index in [1.807, 2.05) is 13.8 Å². The zero-order valence-corrected chi connectivity index (χ0v) is 13.1. The van der Waals surface area contributed by atoms with Gasteiger partial charge < -0.3 is 10.0 Å². The van der Waals surface area contributed by atoms with Gasteiger partial charge in [-0.25, -0.2) is 4.79 Å². The van der Waals surface area contributed by atoms with Crippen molar-refractivity contribution in [2.24, 2.45) is 0 Å². The minimum Gasteiger partial charge on any atom is -0.480 e. The van der Waals surface area contributed by atoms with Crippen LogP contribution in [-0.2, 0) is 4.79 Å². The van der Waals surface area contributed by atoms with Gasteiger partial charge in [-0.15, -0.1) is 0 Å². The fourth-order valence-corrected chi connectivity index (χ4v) is 2.25. The van der Waals surface area contributed by atoms with Crippen LogP contribution in [0.5, 0.6) is 0 Å². The Morgan fingerprint density at radius 3 is 2.29 bits per heavy atom. The second-order valence-corrected chi connectivity index (χ2v) is 5.17. The number of amides is 2. The van der Waals surface area contributed by atoms with Crippen molar-refractivity contribution in [3.05, 3.63) is 29.3 Å². The standard InChI is InChI=1S/C15H21ClN2O3/c1-3-8-17(9-4-2)15(21)18(11-14(19)20)13-7-5-6-12(16)10-13/h5-7,10H,3-4,8-9,11H2,1-2H3,(H,19,20). The number of nitrogens with zero attached hydrogens (tertiary/aromatic N) is 2. The summed E-state index contributed by atoms with van der Waals surface area (Å²) in [6, 6.07) is 6.36. The summed E-state index contributed by atoms with van der Waals surface area (Å²) in [4.78, 5) is 26.6. The van der Waals surface area contributed by atoms with E-state index in [0.717, 1.165) is 12.8 Å². The van der Waals surface area contributed by atoms with Crippen molar-refractivity contribution in [2.75, 3.05) is 24.5 Å².